The van der Waals surface area contributed by atoms with Crippen LogP contribution in [0.15, 0.2) is 63.1 Å². The van der Waals surface area contributed by atoms with E-state index in [2.05, 4.69) is 10.00 Å². The van der Waals surface area contributed by atoms with E-state index < -0.39 is 5.97 Å². The summed E-state index contributed by atoms with van der Waals surface area (Å²) < 4.78 is 12.5. The Hall–Kier alpha value is -3.33. The molecule has 3 aromatic rings. The number of aliphatic imine (C=N–C) groups is 2. The van der Waals surface area contributed by atoms with Crippen molar-refractivity contribution in [2.45, 2.75) is 19.1 Å². The van der Waals surface area contributed by atoms with Gasteiger partial charge in [-0.2, -0.15) is 5.10 Å². The van der Waals surface area contributed by atoms with Crippen LogP contribution in [-0.2, 0) is 10.5 Å². The molecule has 2 aliphatic rings. The Bertz CT molecular complexity index is 1170. The molecule has 2 aromatic heterocycles. The molecule has 1 aromatic carbocycles. The van der Waals surface area contributed by atoms with Gasteiger partial charge in [-0.15, -0.1) is 0 Å². The van der Waals surface area contributed by atoms with Crippen molar-refractivity contribution in [1.82, 2.24) is 14.7 Å². The van der Waals surface area contributed by atoms with Gasteiger partial charge in [-0.05, 0) is 37.6 Å². The second kappa shape index (κ2) is 8.43. The largest absolute Gasteiger partial charge is 0.460 e. The number of esters is 1. The van der Waals surface area contributed by atoms with Crippen LogP contribution in [0.25, 0.3) is 5.69 Å². The molecule has 5 rings (SSSR count). The fourth-order valence-corrected chi connectivity index (χ4v) is 4.46. The summed E-state index contributed by atoms with van der Waals surface area (Å²) in [6, 6.07) is 13.4. The Morgan fingerprint density at radius 1 is 1.23 bits per heavy atom. The molecule has 2 aliphatic heterocycles. The quantitative estimate of drug-likeness (QED) is 0.563. The monoisotopic (exact) mass is 435 g/mol. The van der Waals surface area contributed by atoms with Crippen LogP contribution < -0.4 is 0 Å². The molecule has 8 nitrogen and oxygen atoms in total. The molecule has 0 unspecified atom stereocenters. The molecular weight excluding hydrogens is 414 g/mol. The van der Waals surface area contributed by atoms with Crippen molar-refractivity contribution in [3.05, 3.63) is 65.7 Å². The van der Waals surface area contributed by atoms with Crippen LogP contribution in [0.2, 0.25) is 0 Å². The van der Waals surface area contributed by atoms with Gasteiger partial charge in [0.15, 0.2) is 11.0 Å². The molecule has 158 valence electrons. The number of furan rings is 1. The van der Waals surface area contributed by atoms with Gasteiger partial charge in [0.05, 0.1) is 29.8 Å². The summed E-state index contributed by atoms with van der Waals surface area (Å²) in [7, 11) is 0. The Kier molecular flexibility index (Phi) is 5.33. The predicted octanol–water partition coefficient (Wildman–Crippen LogP) is 4.03. The third-order valence-corrected chi connectivity index (χ3v) is 5.96. The van der Waals surface area contributed by atoms with E-state index in [4.69, 9.17) is 19.1 Å². The third kappa shape index (κ3) is 3.76. The smallest absolute Gasteiger partial charge is 0.374 e. The number of carbonyl (C=O) groups is 1. The number of rotatable bonds is 5. The minimum atomic E-state index is -0.449. The molecule has 0 fully saturated rings. The van der Waals surface area contributed by atoms with Crippen molar-refractivity contribution in [3.8, 4) is 5.69 Å². The van der Waals surface area contributed by atoms with Crippen molar-refractivity contribution in [3.63, 3.8) is 0 Å². The third-order valence-electron chi connectivity index (χ3n) is 4.96. The fraction of sp³-hybridized carbons (Fsp3) is 0.273. The molecular formula is C22H21N5O3S. The molecule has 0 spiro atoms. The number of ether oxygens (including phenoxy) is 1. The van der Waals surface area contributed by atoms with Crippen LogP contribution in [0.5, 0.6) is 0 Å². The van der Waals surface area contributed by atoms with E-state index in [1.807, 2.05) is 41.2 Å². The van der Waals surface area contributed by atoms with E-state index in [1.54, 1.807) is 30.8 Å². The topological polar surface area (TPSA) is 85.2 Å². The summed E-state index contributed by atoms with van der Waals surface area (Å²) in [6.07, 6.45) is 2.81. The average Bonchev–Trinajstić information content (AvgIpc) is 3.46. The van der Waals surface area contributed by atoms with Gasteiger partial charge in [0.1, 0.15) is 11.6 Å². The maximum absolute atomic E-state index is 11.9. The maximum atomic E-state index is 11.9. The van der Waals surface area contributed by atoms with Crippen LogP contribution >= 0.6 is 11.8 Å². The molecule has 0 N–H and O–H groups in total. The standard InChI is InChI=1S/C22H21N5O3S/c1-2-29-21(28)18-10-9-16(30-18)14-31-22-25-20-17(19-23-11-6-12-26(19)22)13-24-27(20)15-7-4-3-5-8-15/h3-5,7-10,13H,2,6,11-12,14H2,1H3. The van der Waals surface area contributed by atoms with Crippen LogP contribution in [0.1, 0.15) is 35.2 Å². The zero-order valence-electron chi connectivity index (χ0n) is 17.0. The van der Waals surface area contributed by atoms with E-state index >= 15 is 0 Å². The van der Waals surface area contributed by atoms with Crippen molar-refractivity contribution < 1.29 is 13.9 Å². The summed E-state index contributed by atoms with van der Waals surface area (Å²) in [5.41, 5.74) is 1.89. The van der Waals surface area contributed by atoms with Crippen molar-refractivity contribution in [1.29, 1.82) is 0 Å². The SMILES string of the molecule is CCOC(=O)c1ccc(CSC2=Nc3c(cnn3-c3ccccc3)C3=NCCCN23)o1. The first-order valence-corrected chi connectivity index (χ1v) is 11.2. The van der Waals surface area contributed by atoms with E-state index in [0.29, 0.717) is 18.1 Å². The van der Waals surface area contributed by atoms with Gasteiger partial charge in [0.25, 0.3) is 0 Å². The number of aromatic nitrogens is 2. The Morgan fingerprint density at radius 2 is 2.10 bits per heavy atom. The van der Waals surface area contributed by atoms with Crippen molar-refractivity contribution >= 4 is 34.6 Å². The molecule has 0 bridgehead atoms. The first kappa shape index (κ1) is 19.6. The summed E-state index contributed by atoms with van der Waals surface area (Å²) in [6.45, 7) is 3.73. The molecule has 31 heavy (non-hydrogen) atoms. The van der Waals surface area contributed by atoms with E-state index in [-0.39, 0.29) is 5.76 Å². The van der Waals surface area contributed by atoms with Gasteiger partial charge in [0, 0.05) is 13.1 Å². The zero-order valence-corrected chi connectivity index (χ0v) is 17.8. The highest BCUT2D eigenvalue weighted by Crippen LogP contribution is 2.34. The van der Waals surface area contributed by atoms with Crippen LogP contribution in [0.4, 0.5) is 5.82 Å². The average molecular weight is 436 g/mol. The highest BCUT2D eigenvalue weighted by atomic mass is 32.2. The molecule has 9 heteroatoms. The predicted molar refractivity (Wildman–Crippen MR) is 119 cm³/mol. The Labute approximate surface area is 183 Å². The van der Waals surface area contributed by atoms with E-state index in [9.17, 15) is 4.79 Å². The Morgan fingerprint density at radius 3 is 2.94 bits per heavy atom. The van der Waals surface area contributed by atoms with Crippen molar-refractivity contribution in [2.24, 2.45) is 9.98 Å². The first-order chi connectivity index (χ1) is 15.2. The van der Waals surface area contributed by atoms with Gasteiger partial charge in [-0.1, -0.05) is 30.0 Å². The van der Waals surface area contributed by atoms with Crippen LogP contribution in [0.3, 0.4) is 0 Å². The van der Waals surface area contributed by atoms with Gasteiger partial charge < -0.3 is 14.1 Å². The number of hydrogen-bond acceptors (Lipinski definition) is 8. The van der Waals surface area contributed by atoms with E-state index in [1.165, 1.54) is 0 Å². The second-order valence-electron chi connectivity index (χ2n) is 7.01. The molecule has 0 radical (unpaired) electrons. The molecule has 0 atom stereocenters. The molecule has 0 amide bonds. The summed E-state index contributed by atoms with van der Waals surface area (Å²) in [5.74, 6) is 2.68. The summed E-state index contributed by atoms with van der Waals surface area (Å²) in [5, 5.41) is 5.42. The number of nitrogens with zero attached hydrogens (tertiary/aromatic N) is 5. The highest BCUT2D eigenvalue weighted by Gasteiger charge is 2.31. The number of carbonyl (C=O) groups excluding carboxylic acids is 1. The summed E-state index contributed by atoms with van der Waals surface area (Å²) in [4.78, 5) is 23.7. The lowest BCUT2D eigenvalue weighted by Gasteiger charge is -2.32. The lowest BCUT2D eigenvalue weighted by atomic mass is 10.2. The number of hydrogen-bond donors (Lipinski definition) is 0. The maximum Gasteiger partial charge on any atom is 0.374 e. The van der Waals surface area contributed by atoms with Gasteiger partial charge in [0.2, 0.25) is 5.76 Å². The van der Waals surface area contributed by atoms with Gasteiger partial charge in [-0.3, -0.25) is 4.99 Å². The summed E-state index contributed by atoms with van der Waals surface area (Å²) >= 11 is 1.55. The normalized spacial score (nSPS) is 15.1. The number of benzene rings is 1. The number of fused-ring (bicyclic) bond motifs is 3. The lowest BCUT2D eigenvalue weighted by molar-refractivity contribution is 0.0488. The molecule has 0 aliphatic carbocycles. The number of thioether (sulfide) groups is 1. The lowest BCUT2D eigenvalue weighted by Crippen LogP contribution is -2.41. The number of para-hydroxylation sites is 1. The van der Waals surface area contributed by atoms with E-state index in [0.717, 1.165) is 47.6 Å². The fourth-order valence-electron chi connectivity index (χ4n) is 3.55. The second-order valence-corrected chi connectivity index (χ2v) is 7.95. The molecule has 4 heterocycles. The van der Waals surface area contributed by atoms with Crippen LogP contribution in [0, 0.1) is 0 Å². The minimum Gasteiger partial charge on any atom is -0.460 e. The minimum absolute atomic E-state index is 0.215. The highest BCUT2D eigenvalue weighted by molar-refractivity contribution is 8.13. The first-order valence-electron chi connectivity index (χ1n) is 10.2. The molecule has 0 saturated carbocycles. The molecule has 0 saturated heterocycles. The van der Waals surface area contributed by atoms with Crippen molar-refractivity contribution in [2.75, 3.05) is 19.7 Å². The van der Waals surface area contributed by atoms with Gasteiger partial charge >= 0.3 is 5.97 Å². The number of amidine groups is 2. The Balaban J connectivity index is 1.44. The van der Waals surface area contributed by atoms with Crippen LogP contribution in [-0.4, -0.2) is 51.3 Å². The zero-order chi connectivity index (χ0) is 21.2. The van der Waals surface area contributed by atoms with Gasteiger partial charge in [-0.25, -0.2) is 14.5 Å².